The van der Waals surface area contributed by atoms with E-state index in [0.717, 1.165) is 17.0 Å². The molecule has 1 aromatic heterocycles. The zero-order valence-corrected chi connectivity index (χ0v) is 10.9. The van der Waals surface area contributed by atoms with E-state index in [0.29, 0.717) is 24.7 Å². The molecule has 18 heavy (non-hydrogen) atoms. The Morgan fingerprint density at radius 2 is 2.28 bits per heavy atom. The van der Waals surface area contributed by atoms with Crippen molar-refractivity contribution in [1.29, 1.82) is 0 Å². The molecule has 6 heteroatoms. The molecule has 0 saturated heterocycles. The number of aromatic nitrogens is 3. The fourth-order valence-corrected chi connectivity index (χ4v) is 1.79. The van der Waals surface area contributed by atoms with Crippen molar-refractivity contribution < 1.29 is 4.74 Å². The average Bonchev–Trinajstić information content (AvgIpc) is 2.80. The molecular weight excluding hydrogens is 252 g/mol. The summed E-state index contributed by atoms with van der Waals surface area (Å²) in [5.74, 6) is 0.832. The minimum atomic E-state index is 0.400. The average molecular weight is 267 g/mol. The molecule has 0 saturated carbocycles. The van der Waals surface area contributed by atoms with Gasteiger partial charge in [-0.3, -0.25) is 0 Å². The molecule has 96 valence electrons. The summed E-state index contributed by atoms with van der Waals surface area (Å²) in [6, 6.07) is 5.55. The third-order valence-electron chi connectivity index (χ3n) is 2.51. The van der Waals surface area contributed by atoms with E-state index in [-0.39, 0.29) is 0 Å². The largest absolute Gasteiger partial charge is 0.491 e. The molecule has 0 radical (unpaired) electrons. The van der Waals surface area contributed by atoms with Crippen LogP contribution in [0.3, 0.4) is 0 Å². The smallest absolute Gasteiger partial charge is 0.122 e. The van der Waals surface area contributed by atoms with Crippen LogP contribution in [-0.2, 0) is 13.1 Å². The van der Waals surface area contributed by atoms with Gasteiger partial charge in [0.2, 0.25) is 0 Å². The fourth-order valence-electron chi connectivity index (χ4n) is 1.57. The zero-order chi connectivity index (χ0) is 13.0. The lowest BCUT2D eigenvalue weighted by Gasteiger charge is -2.08. The van der Waals surface area contributed by atoms with Crippen molar-refractivity contribution in [2.24, 2.45) is 5.73 Å². The second kappa shape index (κ2) is 5.84. The van der Waals surface area contributed by atoms with E-state index in [1.807, 2.05) is 31.3 Å². The van der Waals surface area contributed by atoms with Crippen LogP contribution in [0.2, 0.25) is 5.02 Å². The van der Waals surface area contributed by atoms with E-state index in [1.54, 1.807) is 4.68 Å². The normalized spacial score (nSPS) is 10.6. The molecule has 0 aliphatic rings. The number of hydrogen-bond donors (Lipinski definition) is 1. The first-order chi connectivity index (χ1) is 8.69. The van der Waals surface area contributed by atoms with Gasteiger partial charge in [0.25, 0.3) is 0 Å². The van der Waals surface area contributed by atoms with Gasteiger partial charge < -0.3 is 10.5 Å². The number of ether oxygens (including phenoxy) is 1. The summed E-state index contributed by atoms with van der Waals surface area (Å²) in [5, 5.41) is 8.56. The predicted octanol–water partition coefficient (Wildman–Crippen LogP) is 1.78. The third-order valence-corrected chi connectivity index (χ3v) is 2.75. The Labute approximate surface area is 111 Å². The van der Waals surface area contributed by atoms with Crippen molar-refractivity contribution in [3.8, 4) is 5.75 Å². The van der Waals surface area contributed by atoms with Crippen LogP contribution in [0.1, 0.15) is 11.3 Å². The summed E-state index contributed by atoms with van der Waals surface area (Å²) < 4.78 is 7.38. The van der Waals surface area contributed by atoms with Gasteiger partial charge in [-0.15, -0.1) is 5.10 Å². The van der Waals surface area contributed by atoms with E-state index in [1.165, 1.54) is 0 Å². The number of hydrogen-bond acceptors (Lipinski definition) is 4. The Balaban J connectivity index is 1.88. The topological polar surface area (TPSA) is 66.0 Å². The molecule has 0 unspecified atom stereocenters. The van der Waals surface area contributed by atoms with Gasteiger partial charge in [-0.1, -0.05) is 16.8 Å². The zero-order valence-electron chi connectivity index (χ0n) is 10.1. The molecular formula is C12H15ClN4O. The summed E-state index contributed by atoms with van der Waals surface area (Å²) in [7, 11) is 0. The molecule has 2 N–H and O–H groups in total. The molecule has 0 atom stereocenters. The lowest BCUT2D eigenvalue weighted by atomic mass is 10.2. The fraction of sp³-hybridized carbons (Fsp3) is 0.333. The second-order valence-electron chi connectivity index (χ2n) is 3.94. The van der Waals surface area contributed by atoms with Crippen LogP contribution in [0.5, 0.6) is 5.75 Å². The lowest BCUT2D eigenvalue weighted by molar-refractivity contribution is 0.288. The van der Waals surface area contributed by atoms with E-state index < -0.39 is 0 Å². The monoisotopic (exact) mass is 266 g/mol. The second-order valence-corrected chi connectivity index (χ2v) is 4.37. The molecule has 1 aromatic carbocycles. The third kappa shape index (κ3) is 3.21. The van der Waals surface area contributed by atoms with Crippen LogP contribution in [0, 0.1) is 6.92 Å². The Kier molecular flexibility index (Phi) is 4.17. The van der Waals surface area contributed by atoms with Crippen molar-refractivity contribution in [2.45, 2.75) is 20.0 Å². The Morgan fingerprint density at radius 3 is 2.94 bits per heavy atom. The maximum Gasteiger partial charge on any atom is 0.122 e. The number of halogens is 1. The number of nitrogens with two attached hydrogens (primary N) is 1. The van der Waals surface area contributed by atoms with E-state index in [9.17, 15) is 0 Å². The van der Waals surface area contributed by atoms with Gasteiger partial charge >= 0.3 is 0 Å². The molecule has 0 fully saturated rings. The van der Waals surface area contributed by atoms with E-state index >= 15 is 0 Å². The number of aryl methyl sites for hydroxylation is 1. The highest BCUT2D eigenvalue weighted by atomic mass is 35.5. The molecule has 2 aromatic rings. The maximum absolute atomic E-state index is 5.88. The predicted molar refractivity (Wildman–Crippen MR) is 69.6 cm³/mol. The summed E-state index contributed by atoms with van der Waals surface area (Å²) in [4.78, 5) is 0. The van der Waals surface area contributed by atoms with Gasteiger partial charge in [-0.2, -0.15) is 0 Å². The summed E-state index contributed by atoms with van der Waals surface area (Å²) >= 11 is 5.88. The quantitative estimate of drug-likeness (QED) is 0.896. The van der Waals surface area contributed by atoms with Crippen LogP contribution in [0.25, 0.3) is 0 Å². The highest BCUT2D eigenvalue weighted by Gasteiger charge is 2.02. The standard InChI is InChI=1S/C12H15ClN4O/c1-9-6-10(13)2-3-12(9)18-5-4-17-8-11(7-14)15-16-17/h2-3,6,8H,4-5,7,14H2,1H3. The van der Waals surface area contributed by atoms with Gasteiger partial charge in [0, 0.05) is 17.8 Å². The van der Waals surface area contributed by atoms with Gasteiger partial charge in [-0.25, -0.2) is 4.68 Å². The highest BCUT2D eigenvalue weighted by Crippen LogP contribution is 2.21. The highest BCUT2D eigenvalue weighted by molar-refractivity contribution is 6.30. The molecule has 0 aliphatic heterocycles. The number of benzene rings is 1. The summed E-state index contributed by atoms with van der Waals surface area (Å²) in [5.41, 5.74) is 7.25. The van der Waals surface area contributed by atoms with Crippen LogP contribution < -0.4 is 10.5 Å². The number of nitrogens with zero attached hydrogens (tertiary/aromatic N) is 3. The van der Waals surface area contributed by atoms with Crippen molar-refractivity contribution in [1.82, 2.24) is 15.0 Å². The minimum Gasteiger partial charge on any atom is -0.491 e. The van der Waals surface area contributed by atoms with Gasteiger partial charge in [0.1, 0.15) is 12.4 Å². The molecule has 5 nitrogen and oxygen atoms in total. The van der Waals surface area contributed by atoms with Crippen molar-refractivity contribution in [3.63, 3.8) is 0 Å². The SMILES string of the molecule is Cc1cc(Cl)ccc1OCCn1cc(CN)nn1. The van der Waals surface area contributed by atoms with Crippen molar-refractivity contribution >= 4 is 11.6 Å². The number of rotatable bonds is 5. The first-order valence-corrected chi connectivity index (χ1v) is 6.05. The molecule has 0 bridgehead atoms. The Bertz CT molecular complexity index is 527. The van der Waals surface area contributed by atoms with Crippen LogP contribution >= 0.6 is 11.6 Å². The Hall–Kier alpha value is -1.59. The minimum absolute atomic E-state index is 0.400. The molecule has 2 rings (SSSR count). The van der Waals surface area contributed by atoms with Crippen molar-refractivity contribution in [3.05, 3.63) is 40.7 Å². The summed E-state index contributed by atoms with van der Waals surface area (Å²) in [6.45, 7) is 3.52. The van der Waals surface area contributed by atoms with Crippen LogP contribution in [0.4, 0.5) is 0 Å². The van der Waals surface area contributed by atoms with E-state index in [2.05, 4.69) is 10.3 Å². The van der Waals surface area contributed by atoms with Crippen molar-refractivity contribution in [2.75, 3.05) is 6.61 Å². The molecule has 0 amide bonds. The Morgan fingerprint density at radius 1 is 1.44 bits per heavy atom. The lowest BCUT2D eigenvalue weighted by Crippen LogP contribution is -2.09. The molecule has 0 aliphatic carbocycles. The van der Waals surface area contributed by atoms with Crippen LogP contribution in [-0.4, -0.2) is 21.6 Å². The first-order valence-electron chi connectivity index (χ1n) is 5.67. The summed E-state index contributed by atoms with van der Waals surface area (Å²) in [6.07, 6.45) is 1.82. The first kappa shape index (κ1) is 12.9. The van der Waals surface area contributed by atoms with Gasteiger partial charge in [0.05, 0.1) is 12.2 Å². The van der Waals surface area contributed by atoms with Gasteiger partial charge in [-0.05, 0) is 30.7 Å². The van der Waals surface area contributed by atoms with E-state index in [4.69, 9.17) is 22.1 Å². The van der Waals surface area contributed by atoms with Gasteiger partial charge in [0.15, 0.2) is 0 Å². The maximum atomic E-state index is 5.88. The molecule has 0 spiro atoms. The molecule has 1 heterocycles. The van der Waals surface area contributed by atoms with Crippen LogP contribution in [0.15, 0.2) is 24.4 Å².